The van der Waals surface area contributed by atoms with E-state index in [0.717, 1.165) is 0 Å². The Morgan fingerprint density at radius 1 is 0.412 bits per heavy atom. The molecule has 0 aromatic carbocycles. The first-order valence-corrected chi connectivity index (χ1v) is 6.00. The van der Waals surface area contributed by atoms with Crippen molar-refractivity contribution in [3.63, 3.8) is 0 Å². The molecule has 0 aromatic heterocycles. The van der Waals surface area contributed by atoms with E-state index in [2.05, 4.69) is 0 Å². The molecule has 0 fully saturated rings. The molecule has 0 saturated heterocycles. The Balaban J connectivity index is -0.0000000400. The van der Waals surface area contributed by atoms with E-state index < -0.39 is 31.2 Å². The molecule has 0 rings (SSSR count). The first kappa shape index (κ1) is 30.8. The maximum absolute atomic E-state index is 8.52. The molecule has 0 atom stereocenters. The topological polar surface area (TPSA) is 241 Å². The maximum atomic E-state index is 8.52. The largest absolute Gasteiger partial charge is 3.00 e. The van der Waals surface area contributed by atoms with E-state index in [1.807, 2.05) is 0 Å². The third kappa shape index (κ3) is 3920. The molecular weight excluding hydrogens is 678 g/mol. The average molecular weight is 678 g/mol. The molecule has 0 saturated carbocycles. The zero-order chi connectivity index (χ0) is 13.5. The van der Waals surface area contributed by atoms with Gasteiger partial charge in [0.1, 0.15) is 0 Å². The van der Waals surface area contributed by atoms with Crippen LogP contribution in [0.5, 0.6) is 0 Å². The Morgan fingerprint density at radius 3 is 0.412 bits per heavy atom. The van der Waals surface area contributed by atoms with E-state index in [9.17, 15) is 0 Å². The molecule has 0 spiro atoms. The van der Waals surface area contributed by atoms with Crippen molar-refractivity contribution in [2.24, 2.45) is 0 Å². The third-order valence-electron chi connectivity index (χ3n) is 0. The molecule has 0 N–H and O–H groups in total. The fourth-order valence-electron chi connectivity index (χ4n) is 0. The molecule has 0 aliphatic heterocycles. The molecule has 0 aromatic rings. The quantitative estimate of drug-likeness (QED) is 0.176. The summed E-state index contributed by atoms with van der Waals surface area (Å²) in [4.78, 5) is 0. The van der Waals surface area contributed by atoms with Crippen LogP contribution < -0.4 is 0 Å². The average Bonchev–Trinajstić information content (AvgIpc) is 1.41. The molecule has 110 valence electrons. The monoisotopic (exact) mass is 678 g/mol. The van der Waals surface area contributed by atoms with Crippen molar-refractivity contribution in [2.75, 3.05) is 0 Å². The summed E-state index contributed by atoms with van der Waals surface area (Å²) in [5.41, 5.74) is 0. The Bertz CT molecular complexity index is 341. The van der Waals surface area contributed by atoms with Crippen molar-refractivity contribution in [3.8, 4) is 0 Å². The third-order valence-corrected chi connectivity index (χ3v) is 0. The van der Waals surface area contributed by atoms with Gasteiger partial charge in [-0.15, -0.1) is 0 Å². The van der Waals surface area contributed by atoms with Crippen LogP contribution in [0.2, 0.25) is 0 Å². The van der Waals surface area contributed by atoms with Crippen LogP contribution >= 0.6 is 0 Å². The Morgan fingerprint density at radius 2 is 0.412 bits per heavy atom. The number of hydrogen-bond acceptors (Lipinski definition) is 12. The molecule has 0 heterocycles. The second kappa shape index (κ2) is 12.0. The Hall–Kier alpha value is 0.987. The van der Waals surface area contributed by atoms with Crippen molar-refractivity contribution in [1.82, 2.24) is 0 Å². The summed E-state index contributed by atoms with van der Waals surface area (Å²) in [5.74, 6) is 0. The fraction of sp³-hybridized carbons (Fsp3) is 0. The van der Waals surface area contributed by atoms with Crippen molar-refractivity contribution in [2.45, 2.75) is 0 Å². The van der Waals surface area contributed by atoms with Crippen molar-refractivity contribution in [1.29, 1.82) is 0 Å². The van der Waals surface area contributed by atoms with Gasteiger partial charge in [0.2, 0.25) is 0 Å². The van der Waals surface area contributed by atoms with Crippen molar-refractivity contribution < 1.29 is 94.7 Å². The fourth-order valence-corrected chi connectivity index (χ4v) is 0. The predicted octanol–water partition coefficient (Wildman–Crippen LogP) is -4.02. The van der Waals surface area contributed by atoms with E-state index >= 15 is 0 Å². The zero-order valence-electron chi connectivity index (χ0n) is 6.76. The minimum atomic E-state index is -5.17. The van der Waals surface area contributed by atoms with Gasteiger partial charge in [-0.2, -0.15) is 0 Å². The first-order valence-electron chi connectivity index (χ1n) is 2.00. The van der Waals surface area contributed by atoms with Gasteiger partial charge in [0.15, 0.2) is 0 Å². The van der Waals surface area contributed by atoms with Crippen LogP contribution in [0.25, 0.3) is 0 Å². The zero-order valence-corrected chi connectivity index (χ0v) is 13.8. The second-order valence-electron chi connectivity index (χ2n) is 1.22. The summed E-state index contributed by atoms with van der Waals surface area (Å²) >= 11 is 0. The smallest absolute Gasteiger partial charge is 0.759 e. The van der Waals surface area contributed by atoms with E-state index in [-0.39, 0.29) is 42.1 Å². The summed E-state index contributed by atoms with van der Waals surface area (Å²) in [7, 11) is -15.5. The first-order chi connectivity index (χ1) is 6.00. The number of rotatable bonds is 0. The molecular formula is O12Pt2S3. The Labute approximate surface area is 125 Å². The molecule has 17 heteroatoms. The van der Waals surface area contributed by atoms with E-state index in [0.29, 0.717) is 0 Å². The molecule has 0 aliphatic rings. The molecule has 17 heavy (non-hydrogen) atoms. The van der Waals surface area contributed by atoms with E-state index in [1.165, 1.54) is 0 Å². The van der Waals surface area contributed by atoms with Gasteiger partial charge in [0.05, 0.1) is 0 Å². The van der Waals surface area contributed by atoms with E-state index in [4.69, 9.17) is 52.6 Å². The molecule has 2 radical (unpaired) electrons. The van der Waals surface area contributed by atoms with Crippen LogP contribution in [-0.2, 0) is 73.3 Å². The second-order valence-corrected chi connectivity index (χ2v) is 3.67. The molecule has 12 nitrogen and oxygen atoms in total. The summed E-state index contributed by atoms with van der Waals surface area (Å²) in [5, 5.41) is 0. The van der Waals surface area contributed by atoms with Crippen LogP contribution in [-0.4, -0.2) is 52.6 Å². The van der Waals surface area contributed by atoms with Crippen LogP contribution in [0.3, 0.4) is 0 Å². The summed E-state index contributed by atoms with van der Waals surface area (Å²) in [6.45, 7) is 0. The van der Waals surface area contributed by atoms with Gasteiger partial charge in [0.25, 0.3) is 0 Å². The normalized spacial score (nSPS) is 10.2. The maximum Gasteiger partial charge on any atom is 3.00 e. The molecule has 0 aliphatic carbocycles. The summed E-state index contributed by atoms with van der Waals surface area (Å²) in [6, 6.07) is 0. The SMILES string of the molecule is O=S(=O)([O-])[O-].O=S(=O)([O-])[O-].O=S(=O)([O-])[O-].[Pt+3].[Pt+3]. The standard InChI is InChI=1S/3H2O4S.2Pt/c3*1-5(2,3)4;;/h3*(H2,1,2,3,4);;/q;;;2*+3/p-6. The predicted molar refractivity (Wildman–Crippen MR) is 31.4 cm³/mol. The minimum absolute atomic E-state index is 0. The van der Waals surface area contributed by atoms with Crippen molar-refractivity contribution >= 4 is 31.2 Å². The summed E-state index contributed by atoms with van der Waals surface area (Å²) < 4.78 is 102. The van der Waals surface area contributed by atoms with Gasteiger partial charge in [-0.25, -0.2) is 0 Å². The van der Waals surface area contributed by atoms with Gasteiger partial charge < -0.3 is 27.3 Å². The van der Waals surface area contributed by atoms with Gasteiger partial charge in [-0.3, -0.25) is 25.3 Å². The minimum Gasteiger partial charge on any atom is -0.759 e. The van der Waals surface area contributed by atoms with Gasteiger partial charge >= 0.3 is 42.1 Å². The van der Waals surface area contributed by atoms with Crippen LogP contribution in [0.15, 0.2) is 0 Å². The van der Waals surface area contributed by atoms with E-state index in [1.54, 1.807) is 0 Å². The molecule has 0 bridgehead atoms. The molecule has 0 unspecified atom stereocenters. The number of hydrogen-bond donors (Lipinski definition) is 0. The van der Waals surface area contributed by atoms with Crippen LogP contribution in [0.4, 0.5) is 0 Å². The van der Waals surface area contributed by atoms with Crippen LogP contribution in [0.1, 0.15) is 0 Å². The van der Waals surface area contributed by atoms with Gasteiger partial charge in [0, 0.05) is 31.2 Å². The molecule has 0 amide bonds. The van der Waals surface area contributed by atoms with Crippen molar-refractivity contribution in [3.05, 3.63) is 0 Å². The van der Waals surface area contributed by atoms with Crippen LogP contribution in [0, 0.1) is 0 Å². The van der Waals surface area contributed by atoms with Gasteiger partial charge in [-0.05, 0) is 0 Å². The Kier molecular flexibility index (Phi) is 21.8. The van der Waals surface area contributed by atoms with Gasteiger partial charge in [-0.1, -0.05) is 0 Å². The summed E-state index contributed by atoms with van der Waals surface area (Å²) in [6.07, 6.45) is 0.